The van der Waals surface area contributed by atoms with Crippen LogP contribution in [-0.2, 0) is 0 Å². The lowest BCUT2D eigenvalue weighted by Crippen LogP contribution is -3.12. The number of aromatic nitrogens is 4. The van der Waals surface area contributed by atoms with Crippen molar-refractivity contribution in [1.82, 2.24) is 20.0 Å². The predicted molar refractivity (Wildman–Crippen MR) is 112 cm³/mol. The minimum Gasteiger partial charge on any atom is -0.360 e. The molecule has 0 saturated carbocycles. The van der Waals surface area contributed by atoms with Crippen molar-refractivity contribution in [1.29, 1.82) is 0 Å². The highest BCUT2D eigenvalue weighted by Crippen LogP contribution is 2.26. The van der Waals surface area contributed by atoms with Crippen LogP contribution in [0.4, 0.5) is 17.3 Å². The van der Waals surface area contributed by atoms with Crippen LogP contribution in [0.2, 0.25) is 0 Å². The van der Waals surface area contributed by atoms with Crippen molar-refractivity contribution in [2.75, 3.05) is 43.4 Å². The highest BCUT2D eigenvalue weighted by Gasteiger charge is 2.19. The van der Waals surface area contributed by atoms with Crippen LogP contribution in [0.5, 0.6) is 0 Å². The van der Waals surface area contributed by atoms with E-state index in [-0.39, 0.29) is 11.6 Å². The molecule has 8 heteroatoms. The Kier molecular flexibility index (Phi) is 4.80. The summed E-state index contributed by atoms with van der Waals surface area (Å²) < 4.78 is 1.54. The Morgan fingerprint density at radius 3 is 2.57 bits per heavy atom. The number of likely N-dealkylation sites (N-methyl/N-ethyl adjacent to an activating group) is 1. The number of fused-ring (bicyclic) bond motifs is 1. The predicted octanol–water partition coefficient (Wildman–Crippen LogP) is 1.09. The van der Waals surface area contributed by atoms with E-state index in [1.807, 2.05) is 39.0 Å². The third-order valence-corrected chi connectivity index (χ3v) is 5.33. The van der Waals surface area contributed by atoms with Crippen LogP contribution in [0.1, 0.15) is 25.6 Å². The lowest BCUT2D eigenvalue weighted by atomic mass is 10.1. The maximum absolute atomic E-state index is 13.1. The van der Waals surface area contributed by atoms with Crippen LogP contribution in [0.25, 0.3) is 10.8 Å². The van der Waals surface area contributed by atoms with Gasteiger partial charge in [0.15, 0.2) is 11.6 Å². The number of nitrogens with one attached hydrogen (secondary N) is 3. The van der Waals surface area contributed by atoms with Gasteiger partial charge in [-0.15, -0.1) is 0 Å². The summed E-state index contributed by atoms with van der Waals surface area (Å²) in [4.78, 5) is 17.0. The van der Waals surface area contributed by atoms with Crippen LogP contribution >= 0.6 is 0 Å². The fourth-order valence-electron chi connectivity index (χ4n) is 3.64. The molecule has 0 amide bonds. The summed E-state index contributed by atoms with van der Waals surface area (Å²) in [5.74, 6) is 1.33. The van der Waals surface area contributed by atoms with Gasteiger partial charge in [0.1, 0.15) is 0 Å². The first-order valence-corrected chi connectivity index (χ1v) is 9.84. The van der Waals surface area contributed by atoms with E-state index in [1.165, 1.54) is 0 Å². The Hall–Kier alpha value is -2.87. The van der Waals surface area contributed by atoms with Gasteiger partial charge in [0.05, 0.1) is 44.7 Å². The second-order valence-corrected chi connectivity index (χ2v) is 7.93. The number of benzene rings is 1. The first kappa shape index (κ1) is 18.5. The standard InChI is InChI=1S/C20H27N7O/c1-13(2)27-20(28)17-12-15(26-9-7-25(4)8-10-26)5-6-16(17)19(24-27)21-18-11-14(3)22-23-18/h5-6,11-13H,7-10H2,1-4H3,(H2,21,22,23,24)/p+1. The van der Waals surface area contributed by atoms with E-state index in [1.54, 1.807) is 9.58 Å². The molecule has 1 fully saturated rings. The number of hydrogen-bond acceptors (Lipinski definition) is 5. The number of aryl methyl sites for hydroxylation is 1. The van der Waals surface area contributed by atoms with Crippen molar-refractivity contribution in [3.8, 4) is 0 Å². The summed E-state index contributed by atoms with van der Waals surface area (Å²) in [5, 5.41) is 16.5. The lowest BCUT2D eigenvalue weighted by Gasteiger charge is -2.32. The van der Waals surface area contributed by atoms with Gasteiger partial charge in [-0.3, -0.25) is 9.89 Å². The Labute approximate surface area is 164 Å². The van der Waals surface area contributed by atoms with Crippen molar-refractivity contribution < 1.29 is 4.90 Å². The van der Waals surface area contributed by atoms with Crippen molar-refractivity contribution in [2.24, 2.45) is 0 Å². The van der Waals surface area contributed by atoms with E-state index >= 15 is 0 Å². The molecule has 0 atom stereocenters. The van der Waals surface area contributed by atoms with E-state index in [0.29, 0.717) is 17.0 Å². The second kappa shape index (κ2) is 7.27. The first-order chi connectivity index (χ1) is 13.4. The van der Waals surface area contributed by atoms with Crippen molar-refractivity contribution >= 4 is 28.1 Å². The minimum atomic E-state index is -0.0599. The maximum Gasteiger partial charge on any atom is 0.275 e. The van der Waals surface area contributed by atoms with Crippen LogP contribution in [0, 0.1) is 6.92 Å². The molecular formula is C20H28N7O+. The Balaban J connectivity index is 1.80. The van der Waals surface area contributed by atoms with E-state index in [0.717, 1.165) is 42.9 Å². The summed E-state index contributed by atoms with van der Waals surface area (Å²) in [5.41, 5.74) is 2.00. The van der Waals surface area contributed by atoms with Crippen molar-refractivity contribution in [2.45, 2.75) is 26.8 Å². The van der Waals surface area contributed by atoms with Crippen LogP contribution < -0.4 is 20.7 Å². The first-order valence-electron chi connectivity index (χ1n) is 9.84. The third kappa shape index (κ3) is 3.47. The molecule has 2 aromatic heterocycles. The summed E-state index contributed by atoms with van der Waals surface area (Å²) in [6, 6.07) is 7.98. The van der Waals surface area contributed by atoms with E-state index in [2.05, 4.69) is 38.6 Å². The number of piperazine rings is 1. The topological polar surface area (TPSA) is 83.3 Å². The molecule has 3 heterocycles. The summed E-state index contributed by atoms with van der Waals surface area (Å²) in [6.07, 6.45) is 0. The third-order valence-electron chi connectivity index (χ3n) is 5.33. The molecule has 3 aromatic rings. The van der Waals surface area contributed by atoms with Gasteiger partial charge < -0.3 is 15.1 Å². The summed E-state index contributed by atoms with van der Waals surface area (Å²) in [7, 11) is 2.22. The number of anilines is 3. The Morgan fingerprint density at radius 1 is 1.18 bits per heavy atom. The molecule has 1 saturated heterocycles. The molecule has 0 unspecified atom stereocenters. The summed E-state index contributed by atoms with van der Waals surface area (Å²) >= 11 is 0. The molecule has 0 radical (unpaired) electrons. The van der Waals surface area contributed by atoms with Gasteiger partial charge in [0.25, 0.3) is 5.56 Å². The zero-order chi connectivity index (χ0) is 19.8. The normalized spacial score (nSPS) is 15.5. The van der Waals surface area contributed by atoms with E-state index < -0.39 is 0 Å². The number of hydrogen-bond donors (Lipinski definition) is 3. The number of H-pyrrole nitrogens is 1. The van der Waals surface area contributed by atoms with Gasteiger partial charge in [-0.1, -0.05) is 0 Å². The number of aromatic amines is 1. The molecule has 4 rings (SSSR count). The van der Waals surface area contributed by atoms with E-state index in [4.69, 9.17) is 0 Å². The van der Waals surface area contributed by atoms with Crippen LogP contribution in [0.15, 0.2) is 29.1 Å². The molecular weight excluding hydrogens is 354 g/mol. The smallest absolute Gasteiger partial charge is 0.275 e. The zero-order valence-corrected chi connectivity index (χ0v) is 16.9. The molecule has 148 valence electrons. The SMILES string of the molecule is Cc1cc(Nc2nn(C(C)C)c(=O)c3cc(N4CC[NH+](C)CC4)ccc23)n[nH]1. The average molecular weight is 382 g/mol. The average Bonchev–Trinajstić information content (AvgIpc) is 3.09. The molecule has 8 nitrogen and oxygen atoms in total. The molecule has 0 bridgehead atoms. The second-order valence-electron chi connectivity index (χ2n) is 7.93. The van der Waals surface area contributed by atoms with Gasteiger partial charge in [-0.25, -0.2) is 4.68 Å². The van der Waals surface area contributed by atoms with Gasteiger partial charge in [-0.05, 0) is 39.0 Å². The molecule has 1 aromatic carbocycles. The van der Waals surface area contributed by atoms with Gasteiger partial charge in [-0.2, -0.15) is 10.2 Å². The fourth-order valence-corrected chi connectivity index (χ4v) is 3.64. The van der Waals surface area contributed by atoms with Gasteiger partial charge in [0, 0.05) is 22.8 Å². The number of rotatable bonds is 4. The molecule has 28 heavy (non-hydrogen) atoms. The Morgan fingerprint density at radius 2 is 1.93 bits per heavy atom. The van der Waals surface area contributed by atoms with Crippen LogP contribution in [0.3, 0.4) is 0 Å². The zero-order valence-electron chi connectivity index (χ0n) is 16.9. The van der Waals surface area contributed by atoms with Gasteiger partial charge in [0.2, 0.25) is 0 Å². The number of quaternary nitrogens is 1. The molecule has 1 aliphatic rings. The molecule has 3 N–H and O–H groups in total. The van der Waals surface area contributed by atoms with Crippen molar-refractivity contribution in [3.63, 3.8) is 0 Å². The van der Waals surface area contributed by atoms with Crippen molar-refractivity contribution in [3.05, 3.63) is 40.3 Å². The molecule has 1 aliphatic heterocycles. The Bertz CT molecular complexity index is 1040. The monoisotopic (exact) mass is 382 g/mol. The highest BCUT2D eigenvalue weighted by molar-refractivity contribution is 5.94. The van der Waals surface area contributed by atoms with Gasteiger partial charge >= 0.3 is 0 Å². The van der Waals surface area contributed by atoms with E-state index in [9.17, 15) is 4.79 Å². The minimum absolute atomic E-state index is 0.0331. The fraction of sp³-hybridized carbons (Fsp3) is 0.450. The summed E-state index contributed by atoms with van der Waals surface area (Å²) in [6.45, 7) is 10.1. The maximum atomic E-state index is 13.1. The molecule has 0 aliphatic carbocycles. The van der Waals surface area contributed by atoms with Crippen LogP contribution in [-0.4, -0.2) is 53.2 Å². The number of nitrogens with zero attached hydrogens (tertiary/aromatic N) is 4. The quantitative estimate of drug-likeness (QED) is 0.629. The molecule has 0 spiro atoms. The largest absolute Gasteiger partial charge is 0.360 e. The lowest BCUT2D eigenvalue weighted by molar-refractivity contribution is -0.880. The highest BCUT2D eigenvalue weighted by atomic mass is 16.1.